The van der Waals surface area contributed by atoms with Crippen molar-refractivity contribution in [1.82, 2.24) is 25.1 Å². The van der Waals surface area contributed by atoms with E-state index in [1.54, 1.807) is 30.3 Å². The van der Waals surface area contributed by atoms with E-state index in [1.807, 2.05) is 16.9 Å². The molecule has 0 radical (unpaired) electrons. The van der Waals surface area contributed by atoms with Crippen LogP contribution in [0, 0.1) is 12.8 Å². The number of hydrogen-bond acceptors (Lipinski definition) is 7. The van der Waals surface area contributed by atoms with Gasteiger partial charge in [-0.25, -0.2) is 4.98 Å². The Bertz CT molecular complexity index is 1160. The molecule has 0 aliphatic heterocycles. The van der Waals surface area contributed by atoms with Crippen LogP contribution in [0.2, 0.25) is 5.02 Å². The number of anilines is 1. The highest BCUT2D eigenvalue weighted by Crippen LogP contribution is 2.26. The lowest BCUT2D eigenvalue weighted by atomic mass is 10.0. The molecule has 0 bridgehead atoms. The van der Waals surface area contributed by atoms with Crippen LogP contribution in [0.15, 0.2) is 47.5 Å². The largest absolute Gasteiger partial charge is 0.342 e. The van der Waals surface area contributed by atoms with Crippen molar-refractivity contribution < 1.29 is 9.59 Å². The Labute approximate surface area is 212 Å². The van der Waals surface area contributed by atoms with Gasteiger partial charge in [-0.2, -0.15) is 0 Å². The average molecular weight is 519 g/mol. The highest BCUT2D eigenvalue weighted by Gasteiger charge is 2.25. The first-order valence-electron chi connectivity index (χ1n) is 10.7. The molecule has 0 unspecified atom stereocenters. The maximum absolute atomic E-state index is 13.0. The summed E-state index contributed by atoms with van der Waals surface area (Å²) in [5.74, 6) is 0.576. The van der Waals surface area contributed by atoms with Gasteiger partial charge in [0, 0.05) is 11.9 Å². The minimum Gasteiger partial charge on any atom is -0.342 e. The third kappa shape index (κ3) is 6.91. The maximum Gasteiger partial charge on any atom is 0.253 e. The Hall–Kier alpha value is -2.69. The zero-order valence-corrected chi connectivity index (χ0v) is 21.6. The van der Waals surface area contributed by atoms with Crippen LogP contribution in [0.3, 0.4) is 0 Å². The Kier molecular flexibility index (Phi) is 9.26. The molecule has 3 rings (SSSR count). The van der Waals surface area contributed by atoms with Crippen molar-refractivity contribution in [2.24, 2.45) is 5.92 Å². The number of nitrogens with one attached hydrogen (secondary N) is 2. The first-order chi connectivity index (χ1) is 16.3. The van der Waals surface area contributed by atoms with Crippen LogP contribution in [0.25, 0.3) is 0 Å². The van der Waals surface area contributed by atoms with Crippen LogP contribution >= 0.6 is 34.7 Å². The van der Waals surface area contributed by atoms with Gasteiger partial charge in [0.05, 0.1) is 28.1 Å². The predicted octanol–water partition coefficient (Wildman–Crippen LogP) is 5.13. The molecule has 2 amide bonds. The second kappa shape index (κ2) is 12.1. The molecule has 0 spiro atoms. The molecule has 0 aliphatic carbocycles. The van der Waals surface area contributed by atoms with E-state index in [0.717, 1.165) is 5.69 Å². The maximum atomic E-state index is 13.0. The van der Waals surface area contributed by atoms with Gasteiger partial charge in [0.2, 0.25) is 5.91 Å². The number of carbonyl (C=O) groups excluding carboxylic acids is 2. The summed E-state index contributed by atoms with van der Waals surface area (Å²) in [4.78, 5) is 29.6. The van der Waals surface area contributed by atoms with Crippen LogP contribution in [0.5, 0.6) is 0 Å². The number of rotatable bonds is 11. The minimum atomic E-state index is -0.391. The molecule has 0 saturated carbocycles. The smallest absolute Gasteiger partial charge is 0.253 e. The average Bonchev–Trinajstić information content (AvgIpc) is 3.37. The molecule has 11 heteroatoms. The third-order valence-corrected chi connectivity index (χ3v) is 6.87. The molecule has 0 saturated heterocycles. The van der Waals surface area contributed by atoms with Crippen LogP contribution in [0.4, 0.5) is 5.13 Å². The monoisotopic (exact) mass is 518 g/mol. The topological polar surface area (TPSA) is 102 Å². The van der Waals surface area contributed by atoms with Gasteiger partial charge in [-0.05, 0) is 31.4 Å². The Balaban J connectivity index is 1.78. The number of hydrogen-bond donors (Lipinski definition) is 2. The molecule has 180 valence electrons. The summed E-state index contributed by atoms with van der Waals surface area (Å²) in [6, 6.07) is 6.52. The number of thioether (sulfide) groups is 1. The van der Waals surface area contributed by atoms with E-state index in [-0.39, 0.29) is 23.5 Å². The summed E-state index contributed by atoms with van der Waals surface area (Å²) in [6.07, 6.45) is 2.39. The molecule has 1 atom stereocenters. The predicted molar refractivity (Wildman–Crippen MR) is 138 cm³/mol. The standard InChI is InChI=1S/C23H27ClN6O2S2/c1-5-10-30-20(18(11-14(2)3)26-21(32)16-8-6-7-9-17(16)24)28-29-23(30)34-13-19(31)27-22-25-15(4)12-33-22/h5-9,12,14,18H,1,10-11,13H2,2-4H3,(H,26,32)(H,25,27,31)/t18-/m1/s1. The van der Waals surface area contributed by atoms with Gasteiger partial charge >= 0.3 is 0 Å². The van der Waals surface area contributed by atoms with Crippen molar-refractivity contribution in [3.05, 3.63) is 64.4 Å². The summed E-state index contributed by atoms with van der Waals surface area (Å²) < 4.78 is 1.87. The normalized spacial score (nSPS) is 11.9. The lowest BCUT2D eigenvalue weighted by Gasteiger charge is -2.21. The van der Waals surface area contributed by atoms with Crippen molar-refractivity contribution >= 4 is 51.6 Å². The number of nitrogens with zero attached hydrogens (tertiary/aromatic N) is 4. The van der Waals surface area contributed by atoms with Gasteiger partial charge in [-0.1, -0.05) is 55.4 Å². The molecule has 0 fully saturated rings. The number of aryl methyl sites for hydroxylation is 1. The van der Waals surface area contributed by atoms with Crippen molar-refractivity contribution in [3.8, 4) is 0 Å². The number of halogens is 1. The van der Waals surface area contributed by atoms with E-state index in [9.17, 15) is 9.59 Å². The fourth-order valence-corrected chi connectivity index (χ4v) is 4.92. The van der Waals surface area contributed by atoms with E-state index in [1.165, 1.54) is 23.1 Å². The van der Waals surface area contributed by atoms with Crippen molar-refractivity contribution in [2.75, 3.05) is 11.1 Å². The number of benzene rings is 1. The van der Waals surface area contributed by atoms with Crippen LogP contribution in [-0.4, -0.2) is 37.3 Å². The Morgan fingerprint density at radius 2 is 2.06 bits per heavy atom. The zero-order valence-electron chi connectivity index (χ0n) is 19.2. The zero-order chi connectivity index (χ0) is 24.7. The van der Waals surface area contributed by atoms with Crippen LogP contribution < -0.4 is 10.6 Å². The summed E-state index contributed by atoms with van der Waals surface area (Å²) in [5, 5.41) is 17.9. The molecule has 8 nitrogen and oxygen atoms in total. The van der Waals surface area contributed by atoms with Crippen molar-refractivity contribution in [3.63, 3.8) is 0 Å². The van der Waals surface area contributed by atoms with Gasteiger partial charge in [0.15, 0.2) is 16.1 Å². The fourth-order valence-electron chi connectivity index (χ4n) is 3.24. The number of aromatic nitrogens is 4. The van der Waals surface area contributed by atoms with E-state index in [4.69, 9.17) is 11.6 Å². The molecule has 0 aliphatic rings. The second-order valence-electron chi connectivity index (χ2n) is 8.01. The lowest BCUT2D eigenvalue weighted by Crippen LogP contribution is -2.32. The number of carbonyl (C=O) groups is 2. The highest BCUT2D eigenvalue weighted by atomic mass is 35.5. The molecular weight excluding hydrogens is 492 g/mol. The summed E-state index contributed by atoms with van der Waals surface area (Å²) in [6.45, 7) is 10.3. The molecule has 3 aromatic rings. The van der Waals surface area contributed by atoms with E-state index >= 15 is 0 Å². The lowest BCUT2D eigenvalue weighted by molar-refractivity contribution is -0.113. The molecule has 2 heterocycles. The molecular formula is C23H27ClN6O2S2. The number of thiazole rings is 1. The van der Waals surface area contributed by atoms with Crippen molar-refractivity contribution in [1.29, 1.82) is 0 Å². The summed E-state index contributed by atoms with van der Waals surface area (Å²) in [5.41, 5.74) is 1.26. The Morgan fingerprint density at radius 3 is 2.71 bits per heavy atom. The quantitative estimate of drug-likeness (QED) is 0.269. The number of allylic oxidation sites excluding steroid dienone is 1. The first-order valence-corrected chi connectivity index (χ1v) is 13.0. The second-order valence-corrected chi connectivity index (χ2v) is 10.2. The molecule has 1 aromatic carbocycles. The summed E-state index contributed by atoms with van der Waals surface area (Å²) >= 11 is 8.87. The van der Waals surface area contributed by atoms with Gasteiger partial charge in [-0.15, -0.1) is 28.1 Å². The number of amides is 2. The fraction of sp³-hybridized carbons (Fsp3) is 0.348. The summed E-state index contributed by atoms with van der Waals surface area (Å²) in [7, 11) is 0. The van der Waals surface area contributed by atoms with Gasteiger partial charge in [0.1, 0.15) is 0 Å². The van der Waals surface area contributed by atoms with Gasteiger partial charge in [0.25, 0.3) is 5.91 Å². The molecule has 2 N–H and O–H groups in total. The van der Waals surface area contributed by atoms with Crippen LogP contribution in [0.1, 0.15) is 48.2 Å². The Morgan fingerprint density at radius 1 is 1.29 bits per heavy atom. The SMILES string of the molecule is C=CCn1c(SCC(=O)Nc2nc(C)cs2)nnc1[C@@H](CC(C)C)NC(=O)c1ccccc1Cl. The first kappa shape index (κ1) is 25.9. The third-order valence-electron chi connectivity index (χ3n) is 4.70. The van der Waals surface area contributed by atoms with Crippen molar-refractivity contribution in [2.45, 2.75) is 44.9 Å². The molecule has 34 heavy (non-hydrogen) atoms. The molecule has 2 aromatic heterocycles. The van der Waals surface area contributed by atoms with E-state index in [2.05, 4.69) is 46.2 Å². The minimum absolute atomic E-state index is 0.148. The van der Waals surface area contributed by atoms with E-state index < -0.39 is 6.04 Å². The van der Waals surface area contributed by atoms with Crippen LogP contribution in [-0.2, 0) is 11.3 Å². The van der Waals surface area contributed by atoms with Gasteiger partial charge < -0.3 is 15.2 Å². The van der Waals surface area contributed by atoms with E-state index in [0.29, 0.717) is 39.7 Å². The van der Waals surface area contributed by atoms with Gasteiger partial charge in [-0.3, -0.25) is 9.59 Å². The highest BCUT2D eigenvalue weighted by molar-refractivity contribution is 7.99.